The molecule has 4 nitrogen and oxygen atoms in total. The lowest BCUT2D eigenvalue weighted by Crippen LogP contribution is -2.28. The minimum absolute atomic E-state index is 0.791. The summed E-state index contributed by atoms with van der Waals surface area (Å²) in [4.78, 5) is 4.70. The number of hydrogen-bond acceptors (Lipinski definition) is 3. The second kappa shape index (κ2) is 6.57. The molecule has 24 heavy (non-hydrogen) atoms. The Bertz CT molecular complexity index is 859. The van der Waals surface area contributed by atoms with Gasteiger partial charge >= 0.3 is 0 Å². The van der Waals surface area contributed by atoms with Crippen molar-refractivity contribution in [2.24, 2.45) is 5.92 Å². The minimum Gasteiger partial charge on any atom is -0.317 e. The average molecular weight is 318 g/mol. The number of aromatic nitrogens is 3. The van der Waals surface area contributed by atoms with Crippen LogP contribution in [-0.4, -0.2) is 27.7 Å². The van der Waals surface area contributed by atoms with E-state index in [0.29, 0.717) is 0 Å². The molecule has 1 fully saturated rings. The molecule has 0 amide bonds. The van der Waals surface area contributed by atoms with E-state index in [1.807, 2.05) is 22.8 Å². The first-order valence-electron chi connectivity index (χ1n) is 8.61. The first-order valence-corrected chi connectivity index (χ1v) is 8.61. The number of hydrogen-bond donors (Lipinski definition) is 1. The van der Waals surface area contributed by atoms with E-state index in [1.165, 1.54) is 18.4 Å². The molecule has 2 aromatic heterocycles. The average Bonchev–Trinajstić information content (AvgIpc) is 3.06. The quantitative estimate of drug-likeness (QED) is 0.799. The second-order valence-corrected chi connectivity index (χ2v) is 6.49. The molecule has 122 valence electrons. The van der Waals surface area contributed by atoms with Crippen molar-refractivity contribution in [2.45, 2.75) is 19.3 Å². The van der Waals surface area contributed by atoms with Gasteiger partial charge in [0.2, 0.25) is 0 Å². The lowest BCUT2D eigenvalue weighted by molar-refractivity contribution is 0.373. The summed E-state index contributed by atoms with van der Waals surface area (Å²) in [5, 5.41) is 7.92. The molecule has 3 aromatic rings. The molecule has 3 heterocycles. The summed E-state index contributed by atoms with van der Waals surface area (Å²) in [6, 6.07) is 12.7. The fourth-order valence-corrected chi connectivity index (χ4v) is 3.42. The molecule has 1 saturated heterocycles. The van der Waals surface area contributed by atoms with E-state index in [4.69, 9.17) is 4.98 Å². The van der Waals surface area contributed by atoms with Crippen LogP contribution in [0.25, 0.3) is 23.0 Å². The van der Waals surface area contributed by atoms with Gasteiger partial charge in [0.05, 0.1) is 17.6 Å². The number of piperidine rings is 1. The van der Waals surface area contributed by atoms with Gasteiger partial charge in [0, 0.05) is 5.56 Å². The van der Waals surface area contributed by atoms with Gasteiger partial charge < -0.3 is 5.32 Å². The molecule has 0 unspecified atom stereocenters. The highest BCUT2D eigenvalue weighted by molar-refractivity contribution is 5.63. The molecular formula is C20H22N4. The van der Waals surface area contributed by atoms with E-state index < -0.39 is 0 Å². The predicted octanol–water partition coefficient (Wildman–Crippen LogP) is 3.58. The van der Waals surface area contributed by atoms with Crippen LogP contribution in [-0.2, 0) is 6.42 Å². The summed E-state index contributed by atoms with van der Waals surface area (Å²) in [5.41, 5.74) is 5.24. The first kappa shape index (κ1) is 15.1. The first-order chi connectivity index (χ1) is 11.8. The van der Waals surface area contributed by atoms with Crippen LogP contribution in [0.5, 0.6) is 0 Å². The van der Waals surface area contributed by atoms with Crippen molar-refractivity contribution in [3.8, 4) is 11.3 Å². The van der Waals surface area contributed by atoms with Crippen LogP contribution in [0.2, 0.25) is 0 Å². The Labute approximate surface area is 142 Å². The number of nitrogens with one attached hydrogen (secondary N) is 1. The normalized spacial score (nSPS) is 15.7. The van der Waals surface area contributed by atoms with E-state index in [9.17, 15) is 0 Å². The van der Waals surface area contributed by atoms with Gasteiger partial charge in [-0.3, -0.25) is 0 Å². The predicted molar refractivity (Wildman–Crippen MR) is 97.8 cm³/mol. The van der Waals surface area contributed by atoms with Crippen LogP contribution in [0.4, 0.5) is 0 Å². The molecule has 0 saturated carbocycles. The van der Waals surface area contributed by atoms with Crippen molar-refractivity contribution in [1.82, 2.24) is 19.9 Å². The molecular weight excluding hydrogens is 296 g/mol. The van der Waals surface area contributed by atoms with Gasteiger partial charge in [-0.15, -0.1) is 0 Å². The molecule has 4 heteroatoms. The van der Waals surface area contributed by atoms with Crippen molar-refractivity contribution in [1.29, 1.82) is 0 Å². The molecule has 0 atom stereocenters. The van der Waals surface area contributed by atoms with Crippen molar-refractivity contribution >= 4 is 11.7 Å². The Morgan fingerprint density at radius 2 is 2.08 bits per heavy atom. The minimum atomic E-state index is 0.791. The zero-order chi connectivity index (χ0) is 16.4. The Morgan fingerprint density at radius 1 is 1.21 bits per heavy atom. The van der Waals surface area contributed by atoms with Crippen molar-refractivity contribution in [3.63, 3.8) is 0 Å². The highest BCUT2D eigenvalue weighted by Crippen LogP contribution is 2.23. The largest absolute Gasteiger partial charge is 0.317 e. The van der Waals surface area contributed by atoms with E-state index >= 15 is 0 Å². The van der Waals surface area contributed by atoms with Gasteiger partial charge in [-0.25, -0.2) is 9.50 Å². The molecule has 0 radical (unpaired) electrons. The summed E-state index contributed by atoms with van der Waals surface area (Å²) in [7, 11) is 0. The zero-order valence-corrected chi connectivity index (χ0v) is 13.8. The summed E-state index contributed by atoms with van der Waals surface area (Å²) in [5.74, 6) is 0.791. The standard InChI is InChI=1S/C20H22N4/c1-2-18-6-7-20-22-19(14-24(20)23-18)17-5-3-4-16(13-17)12-15-8-10-21-11-9-15/h2-7,13-15,21H,1,8-12H2. The fraction of sp³-hybridized carbons (Fsp3) is 0.300. The van der Waals surface area contributed by atoms with Crippen LogP contribution in [0, 0.1) is 5.92 Å². The van der Waals surface area contributed by atoms with Crippen molar-refractivity contribution in [3.05, 3.63) is 60.4 Å². The third-order valence-electron chi connectivity index (χ3n) is 4.76. The Kier molecular flexibility index (Phi) is 4.13. The fourth-order valence-electron chi connectivity index (χ4n) is 3.42. The number of imidazole rings is 1. The Balaban J connectivity index is 1.61. The van der Waals surface area contributed by atoms with E-state index in [0.717, 1.165) is 48.0 Å². The van der Waals surface area contributed by atoms with Crippen LogP contribution < -0.4 is 5.32 Å². The molecule has 1 aliphatic heterocycles. The number of fused-ring (bicyclic) bond motifs is 1. The number of benzene rings is 1. The highest BCUT2D eigenvalue weighted by Gasteiger charge is 2.14. The summed E-state index contributed by atoms with van der Waals surface area (Å²) < 4.78 is 1.83. The molecule has 0 aliphatic carbocycles. The maximum atomic E-state index is 4.70. The SMILES string of the molecule is C=Cc1ccc2nc(-c3cccc(CC4CCNCC4)c3)cn2n1. The molecule has 1 N–H and O–H groups in total. The summed E-state index contributed by atoms with van der Waals surface area (Å²) >= 11 is 0. The molecule has 0 spiro atoms. The number of rotatable bonds is 4. The van der Waals surface area contributed by atoms with Crippen molar-refractivity contribution in [2.75, 3.05) is 13.1 Å². The molecule has 4 rings (SSSR count). The Hall–Kier alpha value is -2.46. The maximum Gasteiger partial charge on any atom is 0.154 e. The van der Waals surface area contributed by atoms with Crippen LogP contribution in [0.3, 0.4) is 0 Å². The lowest BCUT2D eigenvalue weighted by Gasteiger charge is -2.22. The third kappa shape index (κ3) is 3.10. The highest BCUT2D eigenvalue weighted by atomic mass is 15.2. The van der Waals surface area contributed by atoms with Crippen LogP contribution in [0.15, 0.2) is 49.2 Å². The van der Waals surface area contributed by atoms with E-state index in [-0.39, 0.29) is 0 Å². The van der Waals surface area contributed by atoms with Crippen LogP contribution >= 0.6 is 0 Å². The van der Waals surface area contributed by atoms with Gasteiger partial charge in [0.15, 0.2) is 5.65 Å². The van der Waals surface area contributed by atoms with Gasteiger partial charge in [-0.1, -0.05) is 24.8 Å². The lowest BCUT2D eigenvalue weighted by atomic mass is 9.90. The van der Waals surface area contributed by atoms with Gasteiger partial charge in [-0.05, 0) is 68.1 Å². The molecule has 1 aliphatic rings. The monoisotopic (exact) mass is 318 g/mol. The third-order valence-corrected chi connectivity index (χ3v) is 4.76. The number of nitrogens with zero attached hydrogens (tertiary/aromatic N) is 3. The second-order valence-electron chi connectivity index (χ2n) is 6.49. The summed E-state index contributed by atoms with van der Waals surface area (Å²) in [6.45, 7) is 6.06. The zero-order valence-electron chi connectivity index (χ0n) is 13.8. The van der Waals surface area contributed by atoms with Gasteiger partial charge in [0.25, 0.3) is 0 Å². The Morgan fingerprint density at radius 3 is 2.92 bits per heavy atom. The van der Waals surface area contributed by atoms with Crippen LogP contribution in [0.1, 0.15) is 24.1 Å². The molecule has 0 bridgehead atoms. The van der Waals surface area contributed by atoms with Gasteiger partial charge in [0.1, 0.15) is 0 Å². The smallest absolute Gasteiger partial charge is 0.154 e. The topological polar surface area (TPSA) is 42.2 Å². The van der Waals surface area contributed by atoms with Gasteiger partial charge in [-0.2, -0.15) is 5.10 Å². The maximum absolute atomic E-state index is 4.70. The van der Waals surface area contributed by atoms with Crippen molar-refractivity contribution < 1.29 is 0 Å². The van der Waals surface area contributed by atoms with E-state index in [1.54, 1.807) is 6.08 Å². The van der Waals surface area contributed by atoms with E-state index in [2.05, 4.69) is 41.3 Å². The summed E-state index contributed by atoms with van der Waals surface area (Å²) in [6.07, 6.45) is 7.44. The molecule has 1 aromatic carbocycles.